The minimum Gasteiger partial charge on any atom is -0.481 e. The molecular formula is C14H27N3O3. The van der Waals surface area contributed by atoms with Crippen LogP contribution in [0.4, 0.5) is 4.79 Å². The summed E-state index contributed by atoms with van der Waals surface area (Å²) >= 11 is 0. The highest BCUT2D eigenvalue weighted by molar-refractivity contribution is 5.77. The van der Waals surface area contributed by atoms with Crippen molar-refractivity contribution in [1.82, 2.24) is 15.5 Å². The summed E-state index contributed by atoms with van der Waals surface area (Å²) in [6.07, 6.45) is 2.24. The average molecular weight is 285 g/mol. The Labute approximate surface area is 120 Å². The van der Waals surface area contributed by atoms with Crippen LogP contribution in [0.5, 0.6) is 0 Å². The molecule has 0 aromatic carbocycles. The monoisotopic (exact) mass is 285 g/mol. The largest absolute Gasteiger partial charge is 0.481 e. The average Bonchev–Trinajstić information content (AvgIpc) is 2.75. The number of carboxylic acids is 1. The molecule has 1 aliphatic rings. The summed E-state index contributed by atoms with van der Waals surface area (Å²) in [5.74, 6) is -0.949. The Morgan fingerprint density at radius 2 is 1.95 bits per heavy atom. The third-order valence-electron chi connectivity index (χ3n) is 3.83. The first kappa shape index (κ1) is 16.8. The molecule has 0 aliphatic heterocycles. The molecule has 3 N–H and O–H groups in total. The lowest BCUT2D eigenvalue weighted by Gasteiger charge is -2.27. The van der Waals surface area contributed by atoms with Crippen LogP contribution in [-0.4, -0.2) is 54.7 Å². The number of nitrogens with one attached hydrogen (secondary N) is 2. The van der Waals surface area contributed by atoms with Gasteiger partial charge in [0.1, 0.15) is 0 Å². The quantitative estimate of drug-likeness (QED) is 0.683. The van der Waals surface area contributed by atoms with E-state index >= 15 is 0 Å². The molecule has 1 aliphatic carbocycles. The minimum absolute atomic E-state index is 0.0506. The zero-order chi connectivity index (χ0) is 15.3. The maximum absolute atomic E-state index is 12.0. The Kier molecular flexibility index (Phi) is 6.26. The molecule has 0 spiro atoms. The van der Waals surface area contributed by atoms with Crippen molar-refractivity contribution in [3.63, 3.8) is 0 Å². The zero-order valence-corrected chi connectivity index (χ0v) is 12.8. The summed E-state index contributed by atoms with van der Waals surface area (Å²) in [5.41, 5.74) is 0. The minimum atomic E-state index is -0.818. The topological polar surface area (TPSA) is 81.7 Å². The number of aliphatic carboxylic acids is 1. The smallest absolute Gasteiger partial charge is 0.315 e. The van der Waals surface area contributed by atoms with Gasteiger partial charge in [-0.1, -0.05) is 20.3 Å². The molecule has 0 bridgehead atoms. The van der Waals surface area contributed by atoms with Gasteiger partial charge in [0.05, 0.1) is 5.92 Å². The van der Waals surface area contributed by atoms with E-state index in [2.05, 4.69) is 24.5 Å². The van der Waals surface area contributed by atoms with E-state index < -0.39 is 11.9 Å². The predicted octanol–water partition coefficient (Wildman–Crippen LogP) is 1.13. The lowest BCUT2D eigenvalue weighted by Crippen LogP contribution is -2.52. The fraction of sp³-hybridized carbons (Fsp3) is 0.857. The second-order valence-corrected chi connectivity index (χ2v) is 6.21. The first-order chi connectivity index (χ1) is 9.31. The fourth-order valence-corrected chi connectivity index (χ4v) is 2.62. The summed E-state index contributed by atoms with van der Waals surface area (Å²) in [6, 6.07) is -0.460. The van der Waals surface area contributed by atoms with Gasteiger partial charge in [-0.05, 0) is 32.9 Å². The molecule has 0 radical (unpaired) electrons. The fourth-order valence-electron chi connectivity index (χ4n) is 2.62. The predicted molar refractivity (Wildman–Crippen MR) is 77.6 cm³/mol. The molecule has 6 heteroatoms. The van der Waals surface area contributed by atoms with Crippen LogP contribution in [0.25, 0.3) is 0 Å². The second kappa shape index (κ2) is 7.47. The standard InChI is InChI=1S/C14H27N3O3/c1-9(2)12(8-17(3)4)16-14(20)15-11-7-5-6-10(11)13(18)19/h9-12H,5-8H2,1-4H3,(H,18,19)(H2,15,16,20). The van der Waals surface area contributed by atoms with E-state index in [0.29, 0.717) is 12.3 Å². The van der Waals surface area contributed by atoms with E-state index in [0.717, 1.165) is 19.4 Å². The van der Waals surface area contributed by atoms with Crippen molar-refractivity contribution < 1.29 is 14.7 Å². The van der Waals surface area contributed by atoms with Gasteiger partial charge in [-0.15, -0.1) is 0 Å². The van der Waals surface area contributed by atoms with Crippen molar-refractivity contribution in [3.05, 3.63) is 0 Å². The van der Waals surface area contributed by atoms with Crippen LogP contribution in [0.1, 0.15) is 33.1 Å². The Morgan fingerprint density at radius 1 is 1.30 bits per heavy atom. The number of nitrogens with zero attached hydrogens (tertiary/aromatic N) is 1. The third-order valence-corrected chi connectivity index (χ3v) is 3.83. The van der Waals surface area contributed by atoms with Crippen molar-refractivity contribution in [1.29, 1.82) is 0 Å². The van der Waals surface area contributed by atoms with E-state index in [4.69, 9.17) is 5.11 Å². The molecule has 1 rings (SSSR count). The SMILES string of the molecule is CC(C)C(CN(C)C)NC(=O)NC1CCCC1C(=O)O. The van der Waals surface area contributed by atoms with Crippen LogP contribution >= 0.6 is 0 Å². The number of amides is 2. The zero-order valence-electron chi connectivity index (χ0n) is 12.8. The highest BCUT2D eigenvalue weighted by Crippen LogP contribution is 2.25. The van der Waals surface area contributed by atoms with Gasteiger partial charge in [0.25, 0.3) is 0 Å². The van der Waals surface area contributed by atoms with Crippen molar-refractivity contribution in [2.24, 2.45) is 11.8 Å². The summed E-state index contributed by atoms with van der Waals surface area (Å²) in [5, 5.41) is 14.9. The lowest BCUT2D eigenvalue weighted by atomic mass is 10.0. The summed E-state index contributed by atoms with van der Waals surface area (Å²) in [4.78, 5) is 25.1. The first-order valence-electron chi connectivity index (χ1n) is 7.25. The van der Waals surface area contributed by atoms with E-state index in [-0.39, 0.29) is 18.1 Å². The second-order valence-electron chi connectivity index (χ2n) is 6.21. The molecule has 20 heavy (non-hydrogen) atoms. The number of carbonyl (C=O) groups excluding carboxylic acids is 1. The van der Waals surface area contributed by atoms with E-state index in [1.807, 2.05) is 19.0 Å². The van der Waals surface area contributed by atoms with Gasteiger partial charge in [0.2, 0.25) is 0 Å². The summed E-state index contributed by atoms with van der Waals surface area (Å²) in [7, 11) is 3.93. The molecular weight excluding hydrogens is 258 g/mol. The Balaban J connectivity index is 2.51. The molecule has 0 aromatic rings. The van der Waals surface area contributed by atoms with E-state index in [9.17, 15) is 9.59 Å². The van der Waals surface area contributed by atoms with E-state index in [1.54, 1.807) is 0 Å². The van der Waals surface area contributed by atoms with Gasteiger partial charge in [0, 0.05) is 18.6 Å². The van der Waals surface area contributed by atoms with Gasteiger partial charge in [-0.2, -0.15) is 0 Å². The van der Waals surface area contributed by atoms with Crippen molar-refractivity contribution in [3.8, 4) is 0 Å². The molecule has 2 amide bonds. The van der Waals surface area contributed by atoms with Gasteiger partial charge < -0.3 is 20.6 Å². The molecule has 1 saturated carbocycles. The third kappa shape index (κ3) is 5.00. The van der Waals surface area contributed by atoms with Crippen LogP contribution in [-0.2, 0) is 4.79 Å². The number of likely N-dealkylation sites (N-methyl/N-ethyl adjacent to an activating group) is 1. The molecule has 3 unspecified atom stereocenters. The molecule has 6 nitrogen and oxygen atoms in total. The number of rotatable bonds is 6. The van der Waals surface area contributed by atoms with E-state index in [1.165, 1.54) is 0 Å². The van der Waals surface area contributed by atoms with Crippen LogP contribution in [0.15, 0.2) is 0 Å². The number of urea groups is 1. The maximum Gasteiger partial charge on any atom is 0.315 e. The maximum atomic E-state index is 12.0. The van der Waals surface area contributed by atoms with Crippen LogP contribution in [0, 0.1) is 11.8 Å². The van der Waals surface area contributed by atoms with Gasteiger partial charge in [-0.3, -0.25) is 4.79 Å². The molecule has 0 heterocycles. The molecule has 1 fully saturated rings. The summed E-state index contributed by atoms with van der Waals surface area (Å²) < 4.78 is 0. The van der Waals surface area contributed by atoms with Gasteiger partial charge in [0.15, 0.2) is 0 Å². The molecule has 0 saturated heterocycles. The van der Waals surface area contributed by atoms with Crippen LogP contribution < -0.4 is 10.6 Å². The highest BCUT2D eigenvalue weighted by Gasteiger charge is 2.34. The number of carboxylic acid groups (broad SMARTS) is 1. The number of hydrogen-bond donors (Lipinski definition) is 3. The Morgan fingerprint density at radius 3 is 2.45 bits per heavy atom. The highest BCUT2D eigenvalue weighted by atomic mass is 16.4. The van der Waals surface area contributed by atoms with Crippen LogP contribution in [0.3, 0.4) is 0 Å². The normalized spacial score (nSPS) is 23.9. The molecule has 3 atom stereocenters. The van der Waals surface area contributed by atoms with Crippen molar-refractivity contribution >= 4 is 12.0 Å². The van der Waals surface area contributed by atoms with Gasteiger partial charge in [-0.25, -0.2) is 4.79 Å². The lowest BCUT2D eigenvalue weighted by molar-refractivity contribution is -0.142. The molecule has 116 valence electrons. The number of carbonyl (C=O) groups is 2. The Hall–Kier alpha value is -1.30. The first-order valence-corrected chi connectivity index (χ1v) is 7.25. The molecule has 0 aromatic heterocycles. The van der Waals surface area contributed by atoms with Crippen molar-refractivity contribution in [2.45, 2.75) is 45.2 Å². The van der Waals surface area contributed by atoms with Crippen molar-refractivity contribution in [2.75, 3.05) is 20.6 Å². The number of hydrogen-bond acceptors (Lipinski definition) is 3. The van der Waals surface area contributed by atoms with Gasteiger partial charge >= 0.3 is 12.0 Å². The van der Waals surface area contributed by atoms with Crippen LogP contribution in [0.2, 0.25) is 0 Å². The summed E-state index contributed by atoms with van der Waals surface area (Å²) in [6.45, 7) is 4.88. The Bertz CT molecular complexity index is 345.